The summed E-state index contributed by atoms with van der Waals surface area (Å²) >= 11 is 0. The van der Waals surface area contributed by atoms with Crippen LogP contribution in [0.5, 0.6) is 46.0 Å². The Hall–Kier alpha value is -7.39. The summed E-state index contributed by atoms with van der Waals surface area (Å²) in [5, 5.41) is 77.7. The molecule has 8 rings (SSSR count). The number of hydrogen-bond acceptors (Lipinski definition) is 9. The van der Waals surface area contributed by atoms with Crippen molar-refractivity contribution < 1.29 is 45.3 Å². The van der Waals surface area contributed by atoms with Crippen molar-refractivity contribution in [3.63, 3.8) is 0 Å². The third-order valence-corrected chi connectivity index (χ3v) is 11.0. The first kappa shape index (κ1) is 38.5. The van der Waals surface area contributed by atoms with Gasteiger partial charge in [0.15, 0.2) is 5.78 Å². The number of phenols is 7. The van der Waals surface area contributed by atoms with Gasteiger partial charge >= 0.3 is 0 Å². The van der Waals surface area contributed by atoms with Crippen molar-refractivity contribution in [3.8, 4) is 46.0 Å². The van der Waals surface area contributed by atoms with E-state index in [0.717, 1.165) is 27.8 Å². The van der Waals surface area contributed by atoms with Crippen molar-refractivity contribution in [2.45, 2.75) is 44.6 Å². The molecule has 7 N–H and O–H groups in total. The van der Waals surface area contributed by atoms with E-state index in [0.29, 0.717) is 35.1 Å². The lowest BCUT2D eigenvalue weighted by atomic mass is 9.86. The highest BCUT2D eigenvalue weighted by Crippen LogP contribution is 2.50. The van der Waals surface area contributed by atoms with Gasteiger partial charge in [-0.25, -0.2) is 0 Å². The zero-order valence-electron chi connectivity index (χ0n) is 32.0. The van der Waals surface area contributed by atoms with Gasteiger partial charge in [-0.05, 0) is 80.4 Å². The molecule has 0 saturated heterocycles. The first-order chi connectivity index (χ1) is 28.5. The van der Waals surface area contributed by atoms with Crippen LogP contribution in [0.25, 0.3) is 0 Å². The van der Waals surface area contributed by atoms with Crippen molar-refractivity contribution in [1.29, 1.82) is 0 Å². The molecule has 0 radical (unpaired) electrons. The number of ether oxygens (including phenoxy) is 1. The van der Waals surface area contributed by atoms with Crippen LogP contribution in [0.1, 0.15) is 84.1 Å². The van der Waals surface area contributed by atoms with Crippen molar-refractivity contribution >= 4 is 5.78 Å². The fourth-order valence-corrected chi connectivity index (χ4v) is 7.87. The van der Waals surface area contributed by atoms with Gasteiger partial charge in [0, 0.05) is 43.2 Å². The van der Waals surface area contributed by atoms with Gasteiger partial charge in [-0.2, -0.15) is 0 Å². The second-order valence-electron chi connectivity index (χ2n) is 15.0. The van der Waals surface area contributed by atoms with E-state index in [9.17, 15) is 40.5 Å². The van der Waals surface area contributed by atoms with Gasteiger partial charge in [-0.3, -0.25) is 4.79 Å². The smallest absolute Gasteiger partial charge is 0.174 e. The maximum absolute atomic E-state index is 14.0. The molecule has 7 aromatic carbocycles. The van der Waals surface area contributed by atoms with Crippen molar-refractivity contribution in [2.24, 2.45) is 0 Å². The van der Waals surface area contributed by atoms with Crippen LogP contribution in [0, 0.1) is 0 Å². The molecule has 0 bridgehead atoms. The van der Waals surface area contributed by atoms with Crippen LogP contribution in [-0.4, -0.2) is 41.5 Å². The van der Waals surface area contributed by atoms with Crippen LogP contribution in [0.3, 0.4) is 0 Å². The molecule has 1 aliphatic rings. The van der Waals surface area contributed by atoms with E-state index in [1.807, 2.05) is 60.7 Å². The number of carbonyl (C=O) groups excluding carboxylic acids is 1. The molecule has 7 aromatic rings. The molecule has 0 amide bonds. The summed E-state index contributed by atoms with van der Waals surface area (Å²) in [6.45, 7) is 0. The number of rotatable bonds is 11. The molecular weight excluding hydrogens is 745 g/mol. The number of fused-ring (bicyclic) bond motifs is 1. The fraction of sp³-hybridized carbons (Fsp3) is 0.140. The highest BCUT2D eigenvalue weighted by atomic mass is 16.5. The molecule has 9 nitrogen and oxygen atoms in total. The van der Waals surface area contributed by atoms with E-state index in [4.69, 9.17) is 4.74 Å². The molecule has 0 saturated carbocycles. The van der Waals surface area contributed by atoms with Crippen LogP contribution in [0.15, 0.2) is 133 Å². The van der Waals surface area contributed by atoms with E-state index < -0.39 is 17.6 Å². The van der Waals surface area contributed by atoms with Crippen molar-refractivity contribution in [2.75, 3.05) is 0 Å². The summed E-state index contributed by atoms with van der Waals surface area (Å²) in [6.07, 6.45) is 0.0740. The predicted molar refractivity (Wildman–Crippen MR) is 223 cm³/mol. The quantitative estimate of drug-likeness (QED) is 0.0676. The number of para-hydroxylation sites is 2. The average Bonchev–Trinajstić information content (AvgIpc) is 3.23. The standard InChI is InChI=1S/C50H42O9/c51-40-12-6-4-10-33(40)20-29-14-17-42(53)35(22-29)23-31-16-19-43(54)36(25-31)26-38-48(57)39(27-37-24-30(15-18-44(37)55)21-34-11-5-7-13-41(34)52)50-47(49(38)58)45(56)28-46(59-50)32-8-2-1-3-9-32/h1-19,22,24-25,46,51-55,57-58H,20-21,23,26-28H2. The Morgan fingerprint density at radius 1 is 0.441 bits per heavy atom. The normalized spacial score (nSPS) is 13.5. The molecule has 59 heavy (non-hydrogen) atoms. The molecule has 1 unspecified atom stereocenters. The minimum absolute atomic E-state index is 0.00123. The molecule has 1 heterocycles. The number of phenolic OH excluding ortho intramolecular Hbond substituents is 7. The summed E-state index contributed by atoms with van der Waals surface area (Å²) in [6, 6.07) is 38.5. The lowest BCUT2D eigenvalue weighted by Crippen LogP contribution is -2.22. The van der Waals surface area contributed by atoms with Gasteiger partial charge in [0.1, 0.15) is 57.7 Å². The number of benzene rings is 7. The molecule has 296 valence electrons. The van der Waals surface area contributed by atoms with Gasteiger partial charge in [0.25, 0.3) is 0 Å². The lowest BCUT2D eigenvalue weighted by Gasteiger charge is -2.30. The first-order valence-corrected chi connectivity index (χ1v) is 19.3. The van der Waals surface area contributed by atoms with E-state index in [1.165, 1.54) is 12.1 Å². The predicted octanol–water partition coefficient (Wildman–Crippen LogP) is 9.29. The van der Waals surface area contributed by atoms with Crippen molar-refractivity contribution in [1.82, 2.24) is 0 Å². The topological polar surface area (TPSA) is 168 Å². The molecule has 9 heteroatoms. The minimum atomic E-state index is -0.699. The van der Waals surface area contributed by atoms with E-state index in [1.54, 1.807) is 60.7 Å². The number of Topliss-reactive ketones (excluding diaryl/α,β-unsaturated/α-hetero) is 1. The van der Waals surface area contributed by atoms with Crippen LogP contribution in [0.4, 0.5) is 0 Å². The largest absolute Gasteiger partial charge is 0.508 e. The summed E-state index contributed by atoms with van der Waals surface area (Å²) in [7, 11) is 0. The van der Waals surface area contributed by atoms with Crippen LogP contribution in [-0.2, 0) is 32.1 Å². The molecule has 0 fully saturated rings. The second-order valence-corrected chi connectivity index (χ2v) is 15.0. The Morgan fingerprint density at radius 3 is 1.37 bits per heavy atom. The zero-order chi connectivity index (χ0) is 41.2. The Kier molecular flexibility index (Phi) is 10.6. The maximum atomic E-state index is 14.0. The van der Waals surface area contributed by atoms with Crippen LogP contribution >= 0.6 is 0 Å². The Balaban J connectivity index is 1.16. The molecule has 1 aliphatic heterocycles. The third-order valence-electron chi connectivity index (χ3n) is 11.0. The average molecular weight is 787 g/mol. The molecule has 0 aromatic heterocycles. The van der Waals surface area contributed by atoms with Gasteiger partial charge in [0.2, 0.25) is 0 Å². The van der Waals surface area contributed by atoms with Gasteiger partial charge in [0.05, 0.1) is 6.42 Å². The minimum Gasteiger partial charge on any atom is -0.508 e. The highest BCUT2D eigenvalue weighted by Gasteiger charge is 2.36. The summed E-state index contributed by atoms with van der Waals surface area (Å²) in [5.41, 5.74) is 6.03. The van der Waals surface area contributed by atoms with E-state index in [-0.39, 0.29) is 82.6 Å². The highest BCUT2D eigenvalue weighted by molar-refractivity contribution is 6.04. The van der Waals surface area contributed by atoms with Gasteiger partial charge < -0.3 is 40.5 Å². The van der Waals surface area contributed by atoms with Crippen LogP contribution in [0.2, 0.25) is 0 Å². The lowest BCUT2D eigenvalue weighted by molar-refractivity contribution is 0.0842. The third kappa shape index (κ3) is 8.09. The molecule has 0 aliphatic carbocycles. The molecule has 0 spiro atoms. The second kappa shape index (κ2) is 16.2. The zero-order valence-corrected chi connectivity index (χ0v) is 32.0. The monoisotopic (exact) mass is 786 g/mol. The summed E-state index contributed by atoms with van der Waals surface area (Å²) in [4.78, 5) is 14.0. The van der Waals surface area contributed by atoms with E-state index in [2.05, 4.69) is 0 Å². The molecule has 1 atom stereocenters. The number of ketones is 1. The molecular formula is C50H42O9. The van der Waals surface area contributed by atoms with Crippen LogP contribution < -0.4 is 4.74 Å². The Bertz CT molecular complexity index is 2700. The Morgan fingerprint density at radius 2 is 0.864 bits per heavy atom. The number of hydrogen-bond donors (Lipinski definition) is 7. The number of carbonyl (C=O) groups is 1. The van der Waals surface area contributed by atoms with E-state index >= 15 is 0 Å². The van der Waals surface area contributed by atoms with Gasteiger partial charge in [-0.15, -0.1) is 0 Å². The van der Waals surface area contributed by atoms with Crippen molar-refractivity contribution in [3.05, 3.63) is 200 Å². The summed E-state index contributed by atoms with van der Waals surface area (Å²) in [5.74, 6) is -0.970. The fourth-order valence-electron chi connectivity index (χ4n) is 7.87. The Labute approximate surface area is 341 Å². The first-order valence-electron chi connectivity index (χ1n) is 19.3. The summed E-state index contributed by atoms with van der Waals surface area (Å²) < 4.78 is 6.47. The number of aromatic hydroxyl groups is 7. The maximum Gasteiger partial charge on any atom is 0.174 e. The van der Waals surface area contributed by atoms with Gasteiger partial charge in [-0.1, -0.05) is 103 Å². The SMILES string of the molecule is O=C1CC(c2ccccc2)Oc2c(Cc3cc(Cc4ccccc4O)ccc3O)c(O)c(Cc3cc(Cc4cc(Cc5ccccc5O)ccc4O)ccc3O)c(O)c21.